The van der Waals surface area contributed by atoms with E-state index in [1.54, 1.807) is 12.3 Å². The van der Waals surface area contributed by atoms with Crippen LogP contribution in [0, 0.1) is 5.92 Å². The third-order valence-electron chi connectivity index (χ3n) is 1.52. The first-order valence-corrected chi connectivity index (χ1v) is 3.56. The maximum atomic E-state index is 10.6. The van der Waals surface area contributed by atoms with Gasteiger partial charge in [0.05, 0.1) is 0 Å². The summed E-state index contributed by atoms with van der Waals surface area (Å²) >= 11 is 0. The fraction of sp³-hybridized carbons (Fsp3) is 0.250. The topological polar surface area (TPSA) is 75.7 Å². The minimum Gasteiger partial charge on any atom is -0.478 e. The smallest absolute Gasteiger partial charge is 0.339 e. The van der Waals surface area contributed by atoms with Gasteiger partial charge in [-0.1, -0.05) is 13.0 Å². The first kappa shape index (κ1) is 8.52. The average Bonchev–Trinajstić information content (AvgIpc) is 2.14. The lowest BCUT2D eigenvalue weighted by atomic mass is 10.1. The number of carbonyl (C=O) groups is 1. The molecule has 0 saturated carbocycles. The van der Waals surface area contributed by atoms with E-state index in [0.29, 0.717) is 0 Å². The Morgan fingerprint density at radius 3 is 3.00 bits per heavy atom. The standard InChI is InChI=1S/C8H10N2O2/c1-5-2-3-6(8(11)12)7(9)10-4-5/h2-5H,9H2,1H3,(H,11,12). The van der Waals surface area contributed by atoms with E-state index < -0.39 is 5.97 Å². The molecule has 64 valence electrons. The number of nitrogens with zero attached hydrogens (tertiary/aromatic N) is 1. The fourth-order valence-corrected chi connectivity index (χ4v) is 0.831. The molecule has 1 aliphatic heterocycles. The molecule has 1 rings (SSSR count). The van der Waals surface area contributed by atoms with Crippen LogP contribution in [0.3, 0.4) is 0 Å². The van der Waals surface area contributed by atoms with Crippen LogP contribution in [0.5, 0.6) is 0 Å². The summed E-state index contributed by atoms with van der Waals surface area (Å²) in [5.74, 6) is -0.862. The van der Waals surface area contributed by atoms with Crippen molar-refractivity contribution in [2.45, 2.75) is 6.92 Å². The van der Waals surface area contributed by atoms with Gasteiger partial charge in [0.1, 0.15) is 11.4 Å². The Morgan fingerprint density at radius 1 is 1.75 bits per heavy atom. The lowest BCUT2D eigenvalue weighted by Crippen LogP contribution is -2.06. The van der Waals surface area contributed by atoms with Gasteiger partial charge in [0.25, 0.3) is 0 Å². The highest BCUT2D eigenvalue weighted by Crippen LogP contribution is 2.09. The number of aliphatic carboxylic acids is 1. The molecule has 0 aliphatic carbocycles. The monoisotopic (exact) mass is 166 g/mol. The minimum atomic E-state index is -1.05. The molecule has 0 fully saturated rings. The molecule has 4 heteroatoms. The van der Waals surface area contributed by atoms with Crippen molar-refractivity contribution < 1.29 is 9.90 Å². The van der Waals surface area contributed by atoms with E-state index in [9.17, 15) is 4.79 Å². The van der Waals surface area contributed by atoms with E-state index in [4.69, 9.17) is 10.8 Å². The summed E-state index contributed by atoms with van der Waals surface area (Å²) in [5, 5.41) is 8.66. The summed E-state index contributed by atoms with van der Waals surface area (Å²) in [6.07, 6.45) is 4.84. The van der Waals surface area contributed by atoms with Crippen LogP contribution in [0.1, 0.15) is 6.92 Å². The van der Waals surface area contributed by atoms with Crippen LogP contribution in [0.4, 0.5) is 0 Å². The predicted octanol–water partition coefficient (Wildman–Crippen LogP) is 0.518. The Kier molecular flexibility index (Phi) is 2.28. The second-order valence-corrected chi connectivity index (χ2v) is 2.60. The summed E-state index contributed by atoms with van der Waals surface area (Å²) in [6, 6.07) is 0. The zero-order valence-corrected chi connectivity index (χ0v) is 6.69. The molecule has 1 atom stereocenters. The maximum absolute atomic E-state index is 10.6. The summed E-state index contributed by atoms with van der Waals surface area (Å²) < 4.78 is 0. The summed E-state index contributed by atoms with van der Waals surface area (Å²) in [6.45, 7) is 1.90. The quantitative estimate of drug-likeness (QED) is 0.596. The number of hydrogen-bond donors (Lipinski definition) is 2. The van der Waals surface area contributed by atoms with Gasteiger partial charge >= 0.3 is 5.97 Å². The summed E-state index contributed by atoms with van der Waals surface area (Å²) in [5.41, 5.74) is 5.44. The zero-order chi connectivity index (χ0) is 9.14. The lowest BCUT2D eigenvalue weighted by molar-refractivity contribution is -0.132. The molecule has 1 unspecified atom stereocenters. The summed E-state index contributed by atoms with van der Waals surface area (Å²) in [4.78, 5) is 14.4. The Hall–Kier alpha value is -1.58. The van der Waals surface area contributed by atoms with Crippen LogP contribution in [-0.4, -0.2) is 17.3 Å². The highest BCUT2D eigenvalue weighted by molar-refractivity contribution is 5.91. The highest BCUT2D eigenvalue weighted by atomic mass is 16.4. The van der Waals surface area contributed by atoms with Crippen LogP contribution >= 0.6 is 0 Å². The van der Waals surface area contributed by atoms with Gasteiger partial charge in [-0.25, -0.2) is 9.79 Å². The fourth-order valence-electron chi connectivity index (χ4n) is 0.831. The molecule has 0 bridgehead atoms. The van der Waals surface area contributed by atoms with Gasteiger partial charge in [-0.15, -0.1) is 0 Å². The van der Waals surface area contributed by atoms with Gasteiger partial charge < -0.3 is 10.8 Å². The van der Waals surface area contributed by atoms with Crippen molar-refractivity contribution >= 4 is 12.2 Å². The van der Waals surface area contributed by atoms with E-state index in [-0.39, 0.29) is 17.3 Å². The Bertz CT molecular complexity index is 289. The molecule has 0 aromatic rings. The number of carboxylic acid groups (broad SMARTS) is 1. The van der Waals surface area contributed by atoms with Gasteiger partial charge in [0, 0.05) is 12.1 Å². The highest BCUT2D eigenvalue weighted by Gasteiger charge is 2.10. The first-order valence-electron chi connectivity index (χ1n) is 3.56. The molecule has 4 nitrogen and oxygen atoms in total. The second-order valence-electron chi connectivity index (χ2n) is 2.60. The number of hydrogen-bond acceptors (Lipinski definition) is 3. The van der Waals surface area contributed by atoms with Gasteiger partial charge in [-0.2, -0.15) is 0 Å². The Labute approximate surface area is 70.1 Å². The number of rotatable bonds is 1. The molecule has 3 N–H and O–H groups in total. The molecular weight excluding hydrogens is 156 g/mol. The van der Waals surface area contributed by atoms with E-state index >= 15 is 0 Å². The van der Waals surface area contributed by atoms with Crippen molar-refractivity contribution in [1.82, 2.24) is 0 Å². The first-order chi connectivity index (χ1) is 5.61. The second kappa shape index (κ2) is 3.21. The van der Waals surface area contributed by atoms with Crippen LogP contribution < -0.4 is 5.73 Å². The third kappa shape index (κ3) is 1.72. The van der Waals surface area contributed by atoms with Crippen molar-refractivity contribution in [3.63, 3.8) is 0 Å². The Balaban J connectivity index is 3.04. The maximum Gasteiger partial charge on any atom is 0.339 e. The molecule has 0 radical (unpaired) electrons. The average molecular weight is 166 g/mol. The van der Waals surface area contributed by atoms with Crippen molar-refractivity contribution in [2.75, 3.05) is 0 Å². The van der Waals surface area contributed by atoms with E-state index in [1.165, 1.54) is 6.08 Å². The molecular formula is C8H10N2O2. The summed E-state index contributed by atoms with van der Waals surface area (Å²) in [7, 11) is 0. The predicted molar refractivity (Wildman–Crippen MR) is 45.6 cm³/mol. The number of aliphatic imine (C=N–C) groups is 1. The number of allylic oxidation sites excluding steroid dienone is 1. The minimum absolute atomic E-state index is 0.0515. The van der Waals surface area contributed by atoms with Crippen molar-refractivity contribution in [3.05, 3.63) is 23.5 Å². The van der Waals surface area contributed by atoms with Crippen molar-refractivity contribution in [2.24, 2.45) is 16.6 Å². The zero-order valence-electron chi connectivity index (χ0n) is 6.69. The molecule has 1 heterocycles. The van der Waals surface area contributed by atoms with Crippen LogP contribution in [-0.2, 0) is 4.79 Å². The van der Waals surface area contributed by atoms with Gasteiger partial charge in [0.2, 0.25) is 0 Å². The third-order valence-corrected chi connectivity index (χ3v) is 1.52. The van der Waals surface area contributed by atoms with Gasteiger partial charge in [0.15, 0.2) is 0 Å². The van der Waals surface area contributed by atoms with Crippen LogP contribution in [0.2, 0.25) is 0 Å². The van der Waals surface area contributed by atoms with Gasteiger partial charge in [-0.05, 0) is 6.08 Å². The van der Waals surface area contributed by atoms with E-state index in [1.807, 2.05) is 6.92 Å². The largest absolute Gasteiger partial charge is 0.478 e. The van der Waals surface area contributed by atoms with Crippen LogP contribution in [0.15, 0.2) is 28.5 Å². The number of nitrogens with two attached hydrogens (primary N) is 1. The normalized spacial score (nSPS) is 22.6. The van der Waals surface area contributed by atoms with Crippen molar-refractivity contribution in [3.8, 4) is 0 Å². The van der Waals surface area contributed by atoms with Gasteiger partial charge in [-0.3, -0.25) is 0 Å². The van der Waals surface area contributed by atoms with E-state index in [2.05, 4.69) is 4.99 Å². The molecule has 0 aromatic carbocycles. The molecule has 1 aliphatic rings. The van der Waals surface area contributed by atoms with Crippen LogP contribution in [0.25, 0.3) is 0 Å². The molecule has 0 saturated heterocycles. The van der Waals surface area contributed by atoms with E-state index in [0.717, 1.165) is 0 Å². The lowest BCUT2D eigenvalue weighted by Gasteiger charge is -1.94. The molecule has 0 aromatic heterocycles. The number of carboxylic acids is 1. The Morgan fingerprint density at radius 2 is 2.42 bits per heavy atom. The van der Waals surface area contributed by atoms with Crippen molar-refractivity contribution in [1.29, 1.82) is 0 Å². The molecule has 0 amide bonds. The SMILES string of the molecule is CC1C=CC(C(=O)O)=C(N)N=C1. The molecule has 0 spiro atoms. The molecule has 12 heavy (non-hydrogen) atoms.